The molecule has 2 heterocycles. The Morgan fingerprint density at radius 2 is 2.43 bits per heavy atom. The van der Waals surface area contributed by atoms with E-state index < -0.39 is 0 Å². The molecule has 1 fully saturated rings. The summed E-state index contributed by atoms with van der Waals surface area (Å²) in [7, 11) is 0. The van der Waals surface area contributed by atoms with Crippen LogP contribution in [0.25, 0.3) is 0 Å². The Morgan fingerprint density at radius 1 is 1.62 bits per heavy atom. The molecule has 0 spiro atoms. The van der Waals surface area contributed by atoms with Gasteiger partial charge in [-0.2, -0.15) is 0 Å². The van der Waals surface area contributed by atoms with Crippen molar-refractivity contribution in [3.05, 3.63) is 17.8 Å². The number of pyridine rings is 1. The normalized spacial score (nSPS) is 19.0. The van der Waals surface area contributed by atoms with E-state index >= 15 is 0 Å². The molecule has 1 aliphatic rings. The van der Waals surface area contributed by atoms with Crippen molar-refractivity contribution in [2.24, 2.45) is 0 Å². The monoisotopic (exact) mass is 293 g/mol. The first kappa shape index (κ1) is 15.6. The van der Waals surface area contributed by atoms with Crippen LogP contribution in [-0.4, -0.2) is 48.3 Å². The summed E-state index contributed by atoms with van der Waals surface area (Å²) in [6.07, 6.45) is 2.63. The number of hydrogen-bond donors (Lipinski definition) is 1. The van der Waals surface area contributed by atoms with Crippen molar-refractivity contribution in [3.63, 3.8) is 0 Å². The zero-order valence-electron chi connectivity index (χ0n) is 12.9. The van der Waals surface area contributed by atoms with Crippen LogP contribution in [0.1, 0.15) is 25.8 Å². The molecule has 1 N–H and O–H groups in total. The van der Waals surface area contributed by atoms with Crippen LogP contribution in [0.4, 0.5) is 10.5 Å². The molecule has 1 atom stereocenters. The summed E-state index contributed by atoms with van der Waals surface area (Å²) >= 11 is 0. The summed E-state index contributed by atoms with van der Waals surface area (Å²) in [5.74, 6) is 0.454. The minimum atomic E-state index is -0.138. The number of amides is 2. The van der Waals surface area contributed by atoms with Gasteiger partial charge in [0.25, 0.3) is 0 Å². The van der Waals surface area contributed by atoms with Gasteiger partial charge in [0.15, 0.2) is 0 Å². The third-order valence-corrected chi connectivity index (χ3v) is 3.25. The lowest BCUT2D eigenvalue weighted by atomic mass is 10.3. The zero-order chi connectivity index (χ0) is 15.2. The molecule has 6 nitrogen and oxygen atoms in total. The van der Waals surface area contributed by atoms with E-state index in [-0.39, 0.29) is 12.1 Å². The molecule has 1 saturated heterocycles. The molecule has 1 aliphatic heterocycles. The first-order chi connectivity index (χ1) is 10.1. The van der Waals surface area contributed by atoms with E-state index in [0.717, 1.165) is 12.0 Å². The predicted octanol–water partition coefficient (Wildman–Crippen LogP) is 2.43. The van der Waals surface area contributed by atoms with E-state index in [0.29, 0.717) is 37.9 Å². The Kier molecular flexibility index (Phi) is 5.38. The second-order valence-electron chi connectivity index (χ2n) is 5.21. The highest BCUT2D eigenvalue weighted by Crippen LogP contribution is 2.23. The smallest absolute Gasteiger partial charge is 0.322 e. The summed E-state index contributed by atoms with van der Waals surface area (Å²) < 4.78 is 11.0. The number of ether oxygens (including phenoxy) is 2. The van der Waals surface area contributed by atoms with Gasteiger partial charge in [-0.05, 0) is 38.8 Å². The van der Waals surface area contributed by atoms with Gasteiger partial charge in [-0.15, -0.1) is 0 Å². The molecular weight excluding hydrogens is 270 g/mol. The van der Waals surface area contributed by atoms with Gasteiger partial charge in [0, 0.05) is 25.9 Å². The number of aromatic nitrogens is 1. The second-order valence-corrected chi connectivity index (χ2v) is 5.21. The Labute approximate surface area is 125 Å². The summed E-state index contributed by atoms with van der Waals surface area (Å²) in [5.41, 5.74) is 1.58. The van der Waals surface area contributed by atoms with Crippen LogP contribution < -0.4 is 10.1 Å². The lowest BCUT2D eigenvalue weighted by molar-refractivity contribution is 0.0718. The molecule has 6 heteroatoms. The molecule has 0 saturated carbocycles. The van der Waals surface area contributed by atoms with Crippen molar-refractivity contribution < 1.29 is 14.3 Å². The third-order valence-electron chi connectivity index (χ3n) is 3.25. The van der Waals surface area contributed by atoms with E-state index in [1.165, 1.54) is 0 Å². The summed E-state index contributed by atoms with van der Waals surface area (Å²) in [6, 6.07) is 1.73. The number of aryl methyl sites for hydroxylation is 1. The van der Waals surface area contributed by atoms with Crippen LogP contribution in [0.5, 0.6) is 5.88 Å². The third kappa shape index (κ3) is 4.32. The number of urea groups is 1. The van der Waals surface area contributed by atoms with Gasteiger partial charge >= 0.3 is 6.03 Å². The number of rotatable bonds is 3. The molecule has 2 rings (SSSR count). The van der Waals surface area contributed by atoms with Gasteiger partial charge in [-0.3, -0.25) is 0 Å². The number of hydrogen-bond acceptors (Lipinski definition) is 4. The Balaban J connectivity index is 2.09. The molecule has 116 valence electrons. The van der Waals surface area contributed by atoms with Gasteiger partial charge in [0.2, 0.25) is 5.88 Å². The fraction of sp³-hybridized carbons (Fsp3) is 0.600. The lowest BCUT2D eigenvalue weighted by Gasteiger charge is -2.23. The predicted molar refractivity (Wildman–Crippen MR) is 80.8 cm³/mol. The molecular formula is C15H23N3O3. The Morgan fingerprint density at radius 3 is 3.19 bits per heavy atom. The van der Waals surface area contributed by atoms with Gasteiger partial charge < -0.3 is 19.7 Å². The highest BCUT2D eigenvalue weighted by molar-refractivity contribution is 5.90. The van der Waals surface area contributed by atoms with E-state index in [2.05, 4.69) is 10.3 Å². The molecule has 2 amide bonds. The van der Waals surface area contributed by atoms with Crippen molar-refractivity contribution in [3.8, 4) is 5.88 Å². The molecule has 1 unspecified atom stereocenters. The summed E-state index contributed by atoms with van der Waals surface area (Å²) in [5, 5.41) is 2.90. The van der Waals surface area contributed by atoms with Crippen molar-refractivity contribution in [2.45, 2.75) is 33.3 Å². The van der Waals surface area contributed by atoms with Gasteiger partial charge in [-0.25, -0.2) is 9.78 Å². The van der Waals surface area contributed by atoms with Crippen molar-refractivity contribution >= 4 is 11.7 Å². The van der Waals surface area contributed by atoms with Crippen molar-refractivity contribution in [1.82, 2.24) is 9.88 Å². The van der Waals surface area contributed by atoms with E-state index in [1.807, 2.05) is 26.8 Å². The van der Waals surface area contributed by atoms with Crippen LogP contribution >= 0.6 is 0 Å². The average Bonchev–Trinajstić information content (AvgIpc) is 2.66. The molecule has 0 radical (unpaired) electrons. The van der Waals surface area contributed by atoms with Gasteiger partial charge in [-0.1, -0.05) is 0 Å². The van der Waals surface area contributed by atoms with Crippen LogP contribution in [0.3, 0.4) is 0 Å². The van der Waals surface area contributed by atoms with E-state index in [4.69, 9.17) is 9.47 Å². The van der Waals surface area contributed by atoms with Crippen LogP contribution in [-0.2, 0) is 4.74 Å². The second kappa shape index (κ2) is 7.26. The minimum absolute atomic E-state index is 0.0558. The van der Waals surface area contributed by atoms with Gasteiger partial charge in [0.1, 0.15) is 5.69 Å². The first-order valence-electron chi connectivity index (χ1n) is 7.37. The summed E-state index contributed by atoms with van der Waals surface area (Å²) in [4.78, 5) is 18.4. The number of nitrogens with zero attached hydrogens (tertiary/aromatic N) is 2. The minimum Gasteiger partial charge on any atom is -0.476 e. The maximum Gasteiger partial charge on any atom is 0.322 e. The Hall–Kier alpha value is -1.82. The molecule has 1 aromatic heterocycles. The maximum absolute atomic E-state index is 12.4. The molecule has 0 aliphatic carbocycles. The quantitative estimate of drug-likeness (QED) is 0.929. The number of nitrogens with one attached hydrogen (secondary N) is 1. The fourth-order valence-corrected chi connectivity index (χ4v) is 2.27. The van der Waals surface area contributed by atoms with Crippen molar-refractivity contribution in [1.29, 1.82) is 0 Å². The van der Waals surface area contributed by atoms with Crippen LogP contribution in [0.15, 0.2) is 12.3 Å². The average molecular weight is 293 g/mol. The topological polar surface area (TPSA) is 63.7 Å². The first-order valence-corrected chi connectivity index (χ1v) is 7.37. The van der Waals surface area contributed by atoms with Crippen LogP contribution in [0.2, 0.25) is 0 Å². The van der Waals surface area contributed by atoms with E-state index in [1.54, 1.807) is 11.1 Å². The fourth-order valence-electron chi connectivity index (χ4n) is 2.27. The number of anilines is 1. The van der Waals surface area contributed by atoms with Gasteiger partial charge in [0.05, 0.1) is 12.7 Å². The molecule has 1 aromatic rings. The number of carbonyl (C=O) groups excluding carboxylic acids is 1. The number of carbonyl (C=O) groups is 1. The standard InChI is InChI=1S/C15H23N3O3/c1-4-20-14-13(8-11(2)9-16-14)17-15(19)18-6-5-7-21-12(3)10-18/h8-9,12H,4-7,10H2,1-3H3,(H,17,19). The maximum atomic E-state index is 12.4. The lowest BCUT2D eigenvalue weighted by Crippen LogP contribution is -2.39. The molecule has 0 bridgehead atoms. The van der Waals surface area contributed by atoms with E-state index in [9.17, 15) is 4.79 Å². The largest absolute Gasteiger partial charge is 0.476 e. The van der Waals surface area contributed by atoms with Crippen LogP contribution in [0, 0.1) is 6.92 Å². The highest BCUT2D eigenvalue weighted by atomic mass is 16.5. The SMILES string of the molecule is CCOc1ncc(C)cc1NC(=O)N1CCCOC(C)C1. The Bertz CT molecular complexity index is 493. The molecule has 0 aromatic carbocycles. The summed E-state index contributed by atoms with van der Waals surface area (Å²) in [6.45, 7) is 8.29. The zero-order valence-corrected chi connectivity index (χ0v) is 12.9. The van der Waals surface area contributed by atoms with Crippen molar-refractivity contribution in [2.75, 3.05) is 31.6 Å². The molecule has 21 heavy (non-hydrogen) atoms. The highest BCUT2D eigenvalue weighted by Gasteiger charge is 2.21.